The van der Waals surface area contributed by atoms with E-state index in [1.54, 1.807) is 0 Å². The third kappa shape index (κ3) is 1.89. The van der Waals surface area contributed by atoms with Gasteiger partial charge in [-0.1, -0.05) is 39.0 Å². The summed E-state index contributed by atoms with van der Waals surface area (Å²) in [4.78, 5) is 0. The Morgan fingerprint density at radius 1 is 1.31 bits per heavy atom. The number of hydrogen-bond acceptors (Lipinski definition) is 1. The van der Waals surface area contributed by atoms with Gasteiger partial charge < -0.3 is 0 Å². The van der Waals surface area contributed by atoms with Crippen LogP contribution in [0.3, 0.4) is 0 Å². The summed E-state index contributed by atoms with van der Waals surface area (Å²) in [6, 6.07) is 10.1. The topological polar surface area (TPSA) is 23.8 Å². The van der Waals surface area contributed by atoms with Crippen molar-refractivity contribution in [3.8, 4) is 6.07 Å². The third-order valence-electron chi connectivity index (χ3n) is 2.66. The lowest BCUT2D eigenvalue weighted by atomic mass is 9.80. The highest BCUT2D eigenvalue weighted by molar-refractivity contribution is 5.41. The molecule has 1 aromatic carbocycles. The van der Waals surface area contributed by atoms with Crippen molar-refractivity contribution in [1.29, 1.82) is 5.26 Å². The van der Waals surface area contributed by atoms with Gasteiger partial charge in [-0.2, -0.15) is 5.26 Å². The Balaban J connectivity index is 3.22. The van der Waals surface area contributed by atoms with E-state index in [9.17, 15) is 0 Å². The smallest absolute Gasteiger partial charge is 0.0994 e. The molecule has 0 N–H and O–H groups in total. The van der Waals surface area contributed by atoms with Crippen molar-refractivity contribution in [2.45, 2.75) is 32.6 Å². The number of rotatable bonds is 2. The molecule has 0 amide bonds. The second-order valence-corrected chi connectivity index (χ2v) is 3.89. The molecule has 0 spiro atoms. The van der Waals surface area contributed by atoms with E-state index in [0.29, 0.717) is 0 Å². The van der Waals surface area contributed by atoms with Gasteiger partial charge in [-0.3, -0.25) is 0 Å². The standard InChI is InChI=1S/C12H15N/c1-4-12(2,3)11-8-6-5-7-10(11)9-13/h5-8H,4H2,1-3H3. The summed E-state index contributed by atoms with van der Waals surface area (Å²) in [7, 11) is 0. The van der Waals surface area contributed by atoms with Crippen LogP contribution in [0.4, 0.5) is 0 Å². The molecule has 0 atom stereocenters. The molecule has 0 aliphatic rings. The Labute approximate surface area is 80.0 Å². The second-order valence-electron chi connectivity index (χ2n) is 3.89. The van der Waals surface area contributed by atoms with Gasteiger partial charge in [0.05, 0.1) is 11.6 Å². The first-order valence-corrected chi connectivity index (χ1v) is 4.61. The minimum atomic E-state index is 0.103. The van der Waals surface area contributed by atoms with Crippen LogP contribution in [-0.4, -0.2) is 0 Å². The van der Waals surface area contributed by atoms with E-state index in [2.05, 4.69) is 26.8 Å². The zero-order chi connectivity index (χ0) is 9.90. The summed E-state index contributed by atoms with van der Waals surface area (Å²) in [6.07, 6.45) is 1.05. The first-order chi connectivity index (χ1) is 6.11. The van der Waals surface area contributed by atoms with Crippen LogP contribution in [0, 0.1) is 11.3 Å². The summed E-state index contributed by atoms with van der Waals surface area (Å²) in [5.74, 6) is 0. The van der Waals surface area contributed by atoms with Crippen molar-refractivity contribution >= 4 is 0 Å². The van der Waals surface area contributed by atoms with E-state index in [1.807, 2.05) is 24.3 Å². The van der Waals surface area contributed by atoms with Crippen LogP contribution >= 0.6 is 0 Å². The second kappa shape index (κ2) is 3.62. The van der Waals surface area contributed by atoms with Gasteiger partial charge in [-0.25, -0.2) is 0 Å². The molecule has 0 aliphatic carbocycles. The van der Waals surface area contributed by atoms with Crippen molar-refractivity contribution in [3.63, 3.8) is 0 Å². The van der Waals surface area contributed by atoms with Crippen molar-refractivity contribution in [1.82, 2.24) is 0 Å². The van der Waals surface area contributed by atoms with E-state index < -0.39 is 0 Å². The van der Waals surface area contributed by atoms with Gasteiger partial charge in [0.2, 0.25) is 0 Å². The molecule has 1 rings (SSSR count). The third-order valence-corrected chi connectivity index (χ3v) is 2.66. The Morgan fingerprint density at radius 3 is 2.46 bits per heavy atom. The monoisotopic (exact) mass is 173 g/mol. The fraction of sp³-hybridized carbons (Fsp3) is 0.417. The number of nitrogens with zero attached hydrogens (tertiary/aromatic N) is 1. The van der Waals surface area contributed by atoms with Crippen LogP contribution in [0.2, 0.25) is 0 Å². The first-order valence-electron chi connectivity index (χ1n) is 4.61. The fourth-order valence-electron chi connectivity index (χ4n) is 1.36. The van der Waals surface area contributed by atoms with Gasteiger partial charge in [0.1, 0.15) is 0 Å². The van der Waals surface area contributed by atoms with E-state index >= 15 is 0 Å². The Morgan fingerprint density at radius 2 is 1.92 bits per heavy atom. The molecule has 0 aliphatic heterocycles. The van der Waals surface area contributed by atoms with Gasteiger partial charge in [0.15, 0.2) is 0 Å². The molecule has 13 heavy (non-hydrogen) atoms. The maximum Gasteiger partial charge on any atom is 0.0994 e. The summed E-state index contributed by atoms with van der Waals surface area (Å²) >= 11 is 0. The predicted molar refractivity (Wildman–Crippen MR) is 54.5 cm³/mol. The first kappa shape index (κ1) is 9.80. The van der Waals surface area contributed by atoms with Crippen LogP contribution in [0.25, 0.3) is 0 Å². The molecular weight excluding hydrogens is 158 g/mol. The lowest BCUT2D eigenvalue weighted by Crippen LogP contribution is -2.16. The number of hydrogen-bond donors (Lipinski definition) is 0. The summed E-state index contributed by atoms with van der Waals surface area (Å²) < 4.78 is 0. The van der Waals surface area contributed by atoms with Crippen molar-refractivity contribution in [2.75, 3.05) is 0 Å². The summed E-state index contributed by atoms with van der Waals surface area (Å²) in [6.45, 7) is 6.49. The lowest BCUT2D eigenvalue weighted by Gasteiger charge is -2.24. The van der Waals surface area contributed by atoms with Crippen LogP contribution in [0.15, 0.2) is 24.3 Å². The normalized spacial score (nSPS) is 10.9. The average molecular weight is 173 g/mol. The van der Waals surface area contributed by atoms with Crippen molar-refractivity contribution in [2.24, 2.45) is 0 Å². The fourth-order valence-corrected chi connectivity index (χ4v) is 1.36. The molecule has 0 aromatic heterocycles. The molecule has 0 radical (unpaired) electrons. The zero-order valence-corrected chi connectivity index (χ0v) is 8.46. The highest BCUT2D eigenvalue weighted by Crippen LogP contribution is 2.28. The van der Waals surface area contributed by atoms with Crippen molar-refractivity contribution < 1.29 is 0 Å². The Hall–Kier alpha value is -1.29. The molecule has 0 bridgehead atoms. The molecule has 0 saturated heterocycles. The van der Waals surface area contributed by atoms with Gasteiger partial charge in [0.25, 0.3) is 0 Å². The Bertz CT molecular complexity index is 331. The van der Waals surface area contributed by atoms with Gasteiger partial charge in [0, 0.05) is 0 Å². The SMILES string of the molecule is CCC(C)(C)c1ccccc1C#N. The largest absolute Gasteiger partial charge is 0.192 e. The van der Waals surface area contributed by atoms with Crippen LogP contribution in [0.1, 0.15) is 38.3 Å². The van der Waals surface area contributed by atoms with Gasteiger partial charge >= 0.3 is 0 Å². The van der Waals surface area contributed by atoms with Crippen LogP contribution < -0.4 is 0 Å². The molecule has 0 fully saturated rings. The van der Waals surface area contributed by atoms with E-state index in [1.165, 1.54) is 0 Å². The molecule has 1 nitrogen and oxygen atoms in total. The number of nitriles is 1. The van der Waals surface area contributed by atoms with Crippen molar-refractivity contribution in [3.05, 3.63) is 35.4 Å². The maximum absolute atomic E-state index is 8.93. The molecule has 1 heteroatoms. The lowest BCUT2D eigenvalue weighted by molar-refractivity contribution is 0.505. The van der Waals surface area contributed by atoms with Crippen LogP contribution in [-0.2, 0) is 5.41 Å². The highest BCUT2D eigenvalue weighted by Gasteiger charge is 2.20. The minimum Gasteiger partial charge on any atom is -0.192 e. The van der Waals surface area contributed by atoms with E-state index in [0.717, 1.165) is 17.5 Å². The van der Waals surface area contributed by atoms with Gasteiger partial charge in [-0.15, -0.1) is 0 Å². The molecule has 0 heterocycles. The average Bonchev–Trinajstić information content (AvgIpc) is 2.18. The summed E-state index contributed by atoms with van der Waals surface area (Å²) in [5.41, 5.74) is 2.06. The highest BCUT2D eigenvalue weighted by atomic mass is 14.3. The molecule has 0 unspecified atom stereocenters. The predicted octanol–water partition coefficient (Wildman–Crippen LogP) is 3.25. The van der Waals surface area contributed by atoms with Crippen LogP contribution in [0.5, 0.6) is 0 Å². The van der Waals surface area contributed by atoms with Gasteiger partial charge in [-0.05, 0) is 23.5 Å². The quantitative estimate of drug-likeness (QED) is 0.673. The van der Waals surface area contributed by atoms with E-state index in [4.69, 9.17) is 5.26 Å². The minimum absolute atomic E-state index is 0.103. The van der Waals surface area contributed by atoms with E-state index in [-0.39, 0.29) is 5.41 Å². The maximum atomic E-state index is 8.93. The Kier molecular flexibility index (Phi) is 2.72. The molecular formula is C12H15N. The molecule has 0 saturated carbocycles. The molecule has 68 valence electrons. The summed E-state index contributed by atoms with van der Waals surface area (Å²) in [5, 5.41) is 8.93. The molecule has 1 aromatic rings. The zero-order valence-electron chi connectivity index (χ0n) is 8.46. The number of benzene rings is 1.